The minimum absolute atomic E-state index is 0.0555. The van der Waals surface area contributed by atoms with Gasteiger partial charge in [-0.1, -0.05) is 6.07 Å². The van der Waals surface area contributed by atoms with Crippen LogP contribution in [0.5, 0.6) is 0 Å². The van der Waals surface area contributed by atoms with E-state index in [2.05, 4.69) is 26.3 Å². The molecule has 1 aliphatic heterocycles. The Balaban J connectivity index is 1.42. The van der Waals surface area contributed by atoms with E-state index in [1.807, 2.05) is 12.1 Å². The van der Waals surface area contributed by atoms with Crippen molar-refractivity contribution >= 4 is 11.9 Å². The average Bonchev–Trinajstić information content (AvgIpc) is 2.67. The molecule has 1 aromatic rings. The third kappa shape index (κ3) is 7.95. The first kappa shape index (κ1) is 19.1. The Kier molecular flexibility index (Phi) is 8.71. The molecule has 25 heavy (non-hydrogen) atoms. The van der Waals surface area contributed by atoms with E-state index in [0.717, 1.165) is 31.4 Å². The number of carbonyl (C=O) groups is 2. The number of amides is 3. The van der Waals surface area contributed by atoms with Crippen molar-refractivity contribution in [2.45, 2.75) is 31.9 Å². The molecule has 1 atom stereocenters. The normalized spacial score (nSPS) is 16.9. The van der Waals surface area contributed by atoms with Gasteiger partial charge in [0, 0.05) is 45.1 Å². The predicted octanol–water partition coefficient (Wildman–Crippen LogP) is 0.156. The van der Waals surface area contributed by atoms with Crippen LogP contribution >= 0.6 is 0 Å². The molecule has 0 aliphatic carbocycles. The Labute approximate surface area is 148 Å². The summed E-state index contributed by atoms with van der Waals surface area (Å²) in [6.07, 6.45) is 5.74. The molecule has 4 N–H and O–H groups in total. The van der Waals surface area contributed by atoms with Crippen molar-refractivity contribution in [3.63, 3.8) is 0 Å². The van der Waals surface area contributed by atoms with Gasteiger partial charge in [0.2, 0.25) is 5.91 Å². The number of hydrogen-bond acceptors (Lipinski definition) is 5. The minimum atomic E-state index is -0.376. The molecule has 1 aliphatic rings. The van der Waals surface area contributed by atoms with Crippen LogP contribution < -0.4 is 21.3 Å². The van der Waals surface area contributed by atoms with Crippen LogP contribution in [0.1, 0.15) is 24.8 Å². The van der Waals surface area contributed by atoms with E-state index in [0.29, 0.717) is 32.8 Å². The lowest BCUT2D eigenvalue weighted by Crippen LogP contribution is -2.48. The second kappa shape index (κ2) is 11.4. The number of hydrogen-bond donors (Lipinski definition) is 4. The Morgan fingerprint density at radius 1 is 1.20 bits per heavy atom. The monoisotopic (exact) mass is 349 g/mol. The van der Waals surface area contributed by atoms with Gasteiger partial charge in [-0.25, -0.2) is 4.79 Å². The van der Waals surface area contributed by atoms with Gasteiger partial charge in [-0.3, -0.25) is 9.78 Å². The van der Waals surface area contributed by atoms with E-state index in [1.165, 1.54) is 0 Å². The van der Waals surface area contributed by atoms with Crippen LogP contribution in [0.15, 0.2) is 24.5 Å². The maximum Gasteiger partial charge on any atom is 0.315 e. The van der Waals surface area contributed by atoms with Crippen molar-refractivity contribution in [3.8, 4) is 0 Å². The summed E-state index contributed by atoms with van der Waals surface area (Å²) in [5.74, 6) is -0.0555. The van der Waals surface area contributed by atoms with E-state index < -0.39 is 0 Å². The van der Waals surface area contributed by atoms with E-state index in [9.17, 15) is 9.59 Å². The van der Waals surface area contributed by atoms with Crippen LogP contribution in [0.2, 0.25) is 0 Å². The highest BCUT2D eigenvalue weighted by Gasteiger charge is 2.20. The number of unbranched alkanes of at least 4 members (excludes halogenated alkanes) is 2. The summed E-state index contributed by atoms with van der Waals surface area (Å²) >= 11 is 0. The molecule has 138 valence electrons. The highest BCUT2D eigenvalue weighted by molar-refractivity contribution is 5.81. The summed E-state index contributed by atoms with van der Waals surface area (Å²) in [5.41, 5.74) is 0.963. The molecular weight excluding hydrogens is 322 g/mol. The molecule has 1 unspecified atom stereocenters. The van der Waals surface area contributed by atoms with Crippen LogP contribution in [0.3, 0.4) is 0 Å². The molecule has 1 fully saturated rings. The number of morpholine rings is 1. The van der Waals surface area contributed by atoms with Gasteiger partial charge in [-0.2, -0.15) is 0 Å². The topological polar surface area (TPSA) is 104 Å². The van der Waals surface area contributed by atoms with Crippen molar-refractivity contribution in [1.29, 1.82) is 0 Å². The Hall–Kier alpha value is -2.19. The van der Waals surface area contributed by atoms with Gasteiger partial charge in [0.05, 0.1) is 6.61 Å². The van der Waals surface area contributed by atoms with Gasteiger partial charge >= 0.3 is 6.03 Å². The van der Waals surface area contributed by atoms with Crippen molar-refractivity contribution < 1.29 is 14.3 Å². The lowest BCUT2D eigenvalue weighted by molar-refractivity contribution is -0.134. The molecular formula is C17H27N5O3. The third-order valence-electron chi connectivity index (χ3n) is 3.83. The smallest absolute Gasteiger partial charge is 0.315 e. The zero-order valence-corrected chi connectivity index (χ0v) is 14.4. The van der Waals surface area contributed by atoms with Crippen LogP contribution in [0, 0.1) is 0 Å². The van der Waals surface area contributed by atoms with Gasteiger partial charge < -0.3 is 26.0 Å². The number of ether oxygens (including phenoxy) is 1. The lowest BCUT2D eigenvalue weighted by atomic mass is 10.2. The fraction of sp³-hybridized carbons (Fsp3) is 0.588. The lowest BCUT2D eigenvalue weighted by Gasteiger charge is -2.22. The van der Waals surface area contributed by atoms with Crippen molar-refractivity contribution in [2.24, 2.45) is 0 Å². The zero-order chi connectivity index (χ0) is 17.7. The molecule has 3 amide bonds. The standard InChI is InChI=1S/C17H27N5O3/c23-16(15-13-19-9-10-25-15)20-7-2-1-3-8-21-17(24)22-12-14-5-4-6-18-11-14/h4-6,11,15,19H,1-3,7-10,12-13H2,(H,20,23)(H2,21,22,24). The van der Waals surface area contributed by atoms with E-state index >= 15 is 0 Å². The molecule has 0 spiro atoms. The molecule has 2 heterocycles. The van der Waals surface area contributed by atoms with Gasteiger partial charge in [0.15, 0.2) is 0 Å². The highest BCUT2D eigenvalue weighted by atomic mass is 16.5. The molecule has 2 rings (SSSR count). The first-order valence-electron chi connectivity index (χ1n) is 8.76. The Morgan fingerprint density at radius 3 is 2.76 bits per heavy atom. The fourth-order valence-electron chi connectivity index (χ4n) is 2.44. The van der Waals surface area contributed by atoms with Crippen molar-refractivity contribution in [3.05, 3.63) is 30.1 Å². The van der Waals surface area contributed by atoms with Crippen molar-refractivity contribution in [2.75, 3.05) is 32.8 Å². The largest absolute Gasteiger partial charge is 0.366 e. The second-order valence-electron chi connectivity index (χ2n) is 5.89. The van der Waals surface area contributed by atoms with Crippen LogP contribution in [-0.4, -0.2) is 55.8 Å². The van der Waals surface area contributed by atoms with Crippen LogP contribution in [0.25, 0.3) is 0 Å². The first-order valence-corrected chi connectivity index (χ1v) is 8.76. The fourth-order valence-corrected chi connectivity index (χ4v) is 2.44. The summed E-state index contributed by atoms with van der Waals surface area (Å²) in [6.45, 7) is 3.65. The number of carbonyl (C=O) groups excluding carboxylic acids is 2. The SMILES string of the molecule is O=C(NCCCCCNC(=O)C1CNCCO1)NCc1cccnc1. The summed E-state index contributed by atoms with van der Waals surface area (Å²) in [7, 11) is 0. The first-order chi connectivity index (χ1) is 12.3. The number of pyridine rings is 1. The van der Waals surface area contributed by atoms with E-state index in [-0.39, 0.29) is 18.0 Å². The van der Waals surface area contributed by atoms with Gasteiger partial charge in [0.25, 0.3) is 0 Å². The molecule has 1 aromatic heterocycles. The number of urea groups is 1. The predicted molar refractivity (Wildman–Crippen MR) is 93.9 cm³/mol. The van der Waals surface area contributed by atoms with Crippen molar-refractivity contribution in [1.82, 2.24) is 26.3 Å². The van der Waals surface area contributed by atoms with E-state index in [1.54, 1.807) is 12.4 Å². The average molecular weight is 349 g/mol. The maximum atomic E-state index is 11.8. The maximum absolute atomic E-state index is 11.8. The summed E-state index contributed by atoms with van der Waals surface area (Å²) < 4.78 is 5.38. The second-order valence-corrected chi connectivity index (χ2v) is 5.89. The van der Waals surface area contributed by atoms with Gasteiger partial charge in [-0.05, 0) is 30.9 Å². The number of nitrogens with one attached hydrogen (secondary N) is 4. The Morgan fingerprint density at radius 2 is 2.04 bits per heavy atom. The molecule has 0 bridgehead atoms. The molecule has 0 aromatic carbocycles. The van der Waals surface area contributed by atoms with Gasteiger partial charge in [0.1, 0.15) is 6.10 Å². The number of nitrogens with zero attached hydrogens (tertiary/aromatic N) is 1. The van der Waals surface area contributed by atoms with Crippen LogP contribution in [-0.2, 0) is 16.1 Å². The zero-order valence-electron chi connectivity index (χ0n) is 14.4. The number of aromatic nitrogens is 1. The van der Waals surface area contributed by atoms with E-state index in [4.69, 9.17) is 4.74 Å². The molecule has 0 radical (unpaired) electrons. The number of rotatable bonds is 9. The molecule has 8 nitrogen and oxygen atoms in total. The van der Waals surface area contributed by atoms with Crippen LogP contribution in [0.4, 0.5) is 4.79 Å². The molecule has 0 saturated carbocycles. The summed E-state index contributed by atoms with van der Waals surface area (Å²) in [6, 6.07) is 3.57. The minimum Gasteiger partial charge on any atom is -0.366 e. The summed E-state index contributed by atoms with van der Waals surface area (Å²) in [4.78, 5) is 27.5. The highest BCUT2D eigenvalue weighted by Crippen LogP contribution is 1.98. The quantitative estimate of drug-likeness (QED) is 0.475. The Bertz CT molecular complexity index is 520. The van der Waals surface area contributed by atoms with Gasteiger partial charge in [-0.15, -0.1) is 0 Å². The summed E-state index contributed by atoms with van der Waals surface area (Å²) in [5, 5.41) is 11.6. The third-order valence-corrected chi connectivity index (χ3v) is 3.83. The molecule has 8 heteroatoms. The molecule has 1 saturated heterocycles.